The van der Waals surface area contributed by atoms with Crippen molar-refractivity contribution < 1.29 is 18.0 Å². The molecule has 0 radical (unpaired) electrons. The summed E-state index contributed by atoms with van der Waals surface area (Å²) in [5.41, 5.74) is 2.97. The van der Waals surface area contributed by atoms with Crippen molar-refractivity contribution in [2.24, 2.45) is 0 Å². The van der Waals surface area contributed by atoms with Crippen LogP contribution in [-0.2, 0) is 32.6 Å². The van der Waals surface area contributed by atoms with Crippen molar-refractivity contribution in [2.75, 3.05) is 10.8 Å². The van der Waals surface area contributed by atoms with Gasteiger partial charge in [0.1, 0.15) is 12.6 Å². The number of nitrogens with zero attached hydrogens (tertiary/aromatic N) is 2. The van der Waals surface area contributed by atoms with Crippen LogP contribution in [0.4, 0.5) is 5.69 Å². The van der Waals surface area contributed by atoms with E-state index in [-0.39, 0.29) is 29.8 Å². The van der Waals surface area contributed by atoms with Gasteiger partial charge in [-0.05, 0) is 72.9 Å². The van der Waals surface area contributed by atoms with Crippen LogP contribution in [0.5, 0.6) is 0 Å². The van der Waals surface area contributed by atoms with Gasteiger partial charge in [-0.3, -0.25) is 13.9 Å². The molecule has 1 aliphatic rings. The monoisotopic (exact) mass is 701 g/mol. The van der Waals surface area contributed by atoms with E-state index in [9.17, 15) is 18.0 Å². The topological polar surface area (TPSA) is 86.8 Å². The molecule has 0 saturated heterocycles. The van der Waals surface area contributed by atoms with Crippen molar-refractivity contribution in [1.29, 1.82) is 0 Å². The van der Waals surface area contributed by atoms with Crippen LogP contribution in [0.1, 0.15) is 48.8 Å². The fourth-order valence-electron chi connectivity index (χ4n) is 5.96. The molecule has 9 heteroatoms. The predicted octanol–water partition coefficient (Wildman–Crippen LogP) is 7.04. The second-order valence-electron chi connectivity index (χ2n) is 11.9. The zero-order valence-corrected chi connectivity index (χ0v) is 28.4. The number of sulfonamides is 1. The zero-order chi connectivity index (χ0) is 32.5. The smallest absolute Gasteiger partial charge is 0.264 e. The van der Waals surface area contributed by atoms with Crippen LogP contribution in [0.25, 0.3) is 0 Å². The summed E-state index contributed by atoms with van der Waals surface area (Å²) < 4.78 is 30.3. The Morgan fingerprint density at radius 1 is 0.826 bits per heavy atom. The van der Waals surface area contributed by atoms with E-state index in [0.717, 1.165) is 57.6 Å². The summed E-state index contributed by atoms with van der Waals surface area (Å²) in [7, 11) is -4.13. The lowest BCUT2D eigenvalue weighted by Gasteiger charge is -2.35. The number of halogens is 1. The summed E-state index contributed by atoms with van der Waals surface area (Å²) >= 11 is 3.53. The summed E-state index contributed by atoms with van der Waals surface area (Å²) in [5, 5.41) is 3.25. The van der Waals surface area contributed by atoms with E-state index in [1.807, 2.05) is 67.6 Å². The number of amides is 2. The first-order valence-corrected chi connectivity index (χ1v) is 18.0. The Morgan fingerprint density at radius 3 is 2.15 bits per heavy atom. The lowest BCUT2D eigenvalue weighted by Crippen LogP contribution is -2.55. The van der Waals surface area contributed by atoms with Crippen LogP contribution >= 0.6 is 15.9 Å². The number of aryl methyl sites for hydroxylation is 1. The first-order valence-electron chi connectivity index (χ1n) is 15.7. The first kappa shape index (κ1) is 33.4. The largest absolute Gasteiger partial charge is 0.352 e. The molecule has 2 amide bonds. The van der Waals surface area contributed by atoms with E-state index in [1.165, 1.54) is 12.1 Å². The van der Waals surface area contributed by atoms with Gasteiger partial charge in [-0.15, -0.1) is 0 Å². The third kappa shape index (κ3) is 8.65. The van der Waals surface area contributed by atoms with Gasteiger partial charge in [0.25, 0.3) is 10.0 Å². The molecular weight excluding hydrogens is 662 g/mol. The third-order valence-corrected chi connectivity index (χ3v) is 10.6. The maximum absolute atomic E-state index is 14.6. The van der Waals surface area contributed by atoms with Crippen LogP contribution in [0.2, 0.25) is 0 Å². The van der Waals surface area contributed by atoms with Crippen molar-refractivity contribution in [3.8, 4) is 0 Å². The van der Waals surface area contributed by atoms with E-state index in [0.29, 0.717) is 5.69 Å². The highest BCUT2D eigenvalue weighted by Crippen LogP contribution is 2.26. The Morgan fingerprint density at radius 2 is 1.48 bits per heavy atom. The Bertz CT molecular complexity index is 1730. The van der Waals surface area contributed by atoms with E-state index in [1.54, 1.807) is 41.3 Å². The molecular formula is C37H40BrN3O4S. The number of rotatable bonds is 12. The van der Waals surface area contributed by atoms with Crippen LogP contribution < -0.4 is 9.62 Å². The Labute approximate surface area is 280 Å². The number of nitrogens with one attached hydrogen (secondary N) is 1. The van der Waals surface area contributed by atoms with Gasteiger partial charge in [0.15, 0.2) is 0 Å². The molecule has 0 bridgehead atoms. The molecule has 1 aliphatic carbocycles. The number of hydrogen-bond acceptors (Lipinski definition) is 4. The van der Waals surface area contributed by atoms with Gasteiger partial charge in [-0.25, -0.2) is 8.42 Å². The standard InChI is InChI=1S/C37H40BrN3O4S/c1-28-13-11-20-33(23-28)41(46(44,45)34-21-9-4-10-22-34)27-36(42)40(26-30-16-12-17-31(38)24-30)35(25-29-14-5-2-6-15-29)37(43)39-32-18-7-3-8-19-32/h2,4-6,9-17,20-24,32,35H,3,7-8,18-19,25-27H2,1H3,(H,39,43)/t35-/m1/s1. The Balaban J connectivity index is 1.56. The third-order valence-electron chi connectivity index (χ3n) is 8.36. The summed E-state index contributed by atoms with van der Waals surface area (Å²) in [5.74, 6) is -0.701. The molecule has 4 aromatic carbocycles. The molecule has 0 aromatic heterocycles. The van der Waals surface area contributed by atoms with Gasteiger partial charge in [0.2, 0.25) is 11.8 Å². The summed E-state index contributed by atoms with van der Waals surface area (Å²) in [4.78, 5) is 30.5. The number of benzene rings is 4. The summed E-state index contributed by atoms with van der Waals surface area (Å²) in [6.45, 7) is 1.53. The van der Waals surface area contributed by atoms with Gasteiger partial charge < -0.3 is 10.2 Å². The molecule has 0 aliphatic heterocycles. The van der Waals surface area contributed by atoms with Crippen molar-refractivity contribution in [2.45, 2.75) is 69.0 Å². The second kappa shape index (κ2) is 15.6. The van der Waals surface area contributed by atoms with E-state index in [4.69, 9.17) is 0 Å². The number of anilines is 1. The Kier molecular flexibility index (Phi) is 11.3. The van der Waals surface area contributed by atoms with Crippen molar-refractivity contribution in [3.63, 3.8) is 0 Å². The molecule has 0 unspecified atom stereocenters. The first-order chi connectivity index (χ1) is 22.2. The lowest BCUT2D eigenvalue weighted by atomic mass is 9.94. The highest BCUT2D eigenvalue weighted by Gasteiger charge is 2.35. The highest BCUT2D eigenvalue weighted by molar-refractivity contribution is 9.10. The predicted molar refractivity (Wildman–Crippen MR) is 186 cm³/mol. The van der Waals surface area contributed by atoms with Crippen LogP contribution in [0.3, 0.4) is 0 Å². The molecule has 0 heterocycles. The SMILES string of the molecule is Cc1cccc(N(CC(=O)N(Cc2cccc(Br)c2)[C@H](Cc2ccccc2)C(=O)NC2CCCCC2)S(=O)(=O)c2ccccc2)c1. The van der Waals surface area contributed by atoms with Crippen LogP contribution in [0, 0.1) is 6.92 Å². The quantitative estimate of drug-likeness (QED) is 0.172. The number of carbonyl (C=O) groups excluding carboxylic acids is 2. The minimum Gasteiger partial charge on any atom is -0.352 e. The normalized spacial score (nSPS) is 14.3. The number of carbonyl (C=O) groups is 2. The molecule has 1 saturated carbocycles. The summed E-state index contributed by atoms with van der Waals surface area (Å²) in [6.07, 6.45) is 5.35. The van der Waals surface area contributed by atoms with Gasteiger partial charge in [-0.1, -0.05) is 108 Å². The minimum absolute atomic E-state index is 0.0459. The van der Waals surface area contributed by atoms with Crippen molar-refractivity contribution in [1.82, 2.24) is 10.2 Å². The molecule has 1 N–H and O–H groups in total. The fourth-order valence-corrected chi connectivity index (χ4v) is 7.84. The van der Waals surface area contributed by atoms with Crippen LogP contribution in [-0.4, -0.2) is 43.8 Å². The lowest BCUT2D eigenvalue weighted by molar-refractivity contribution is -0.140. The van der Waals surface area contributed by atoms with E-state index < -0.39 is 28.5 Å². The average molecular weight is 703 g/mol. The van der Waals surface area contributed by atoms with Crippen molar-refractivity contribution in [3.05, 3.63) is 130 Å². The fraction of sp³-hybridized carbons (Fsp3) is 0.297. The van der Waals surface area contributed by atoms with Gasteiger partial charge >= 0.3 is 0 Å². The summed E-state index contributed by atoms with van der Waals surface area (Å²) in [6, 6.07) is 31.6. The minimum atomic E-state index is -4.13. The Hall–Kier alpha value is -3.95. The molecule has 1 atom stereocenters. The molecule has 7 nitrogen and oxygen atoms in total. The maximum atomic E-state index is 14.6. The van der Waals surface area contributed by atoms with Crippen LogP contribution in [0.15, 0.2) is 119 Å². The molecule has 240 valence electrons. The van der Waals surface area contributed by atoms with Gasteiger partial charge in [-0.2, -0.15) is 0 Å². The average Bonchev–Trinajstić information content (AvgIpc) is 3.06. The second-order valence-corrected chi connectivity index (χ2v) is 14.6. The molecule has 5 rings (SSSR count). The van der Waals surface area contributed by atoms with E-state index in [2.05, 4.69) is 21.2 Å². The van der Waals surface area contributed by atoms with Gasteiger partial charge in [0, 0.05) is 23.5 Å². The molecule has 0 spiro atoms. The highest BCUT2D eigenvalue weighted by atomic mass is 79.9. The molecule has 46 heavy (non-hydrogen) atoms. The van der Waals surface area contributed by atoms with E-state index >= 15 is 0 Å². The van der Waals surface area contributed by atoms with Crippen molar-refractivity contribution >= 4 is 43.5 Å². The number of hydrogen-bond donors (Lipinski definition) is 1. The molecule has 4 aromatic rings. The maximum Gasteiger partial charge on any atom is 0.264 e. The van der Waals surface area contributed by atoms with Gasteiger partial charge in [0.05, 0.1) is 10.6 Å². The zero-order valence-electron chi connectivity index (χ0n) is 26.0. The molecule has 1 fully saturated rings.